The first-order valence-electron chi connectivity index (χ1n) is 10.7. The highest BCUT2D eigenvalue weighted by Crippen LogP contribution is 2.28. The second kappa shape index (κ2) is 13.2. The number of aryl methyl sites for hydroxylation is 1. The van der Waals surface area contributed by atoms with Crippen LogP contribution in [-0.2, 0) is 17.6 Å². The van der Waals surface area contributed by atoms with Gasteiger partial charge in [-0.15, -0.1) is 0 Å². The number of nitrogens with zero attached hydrogens (tertiary/aromatic N) is 1. The number of hydrogen-bond acceptors (Lipinski definition) is 4. The summed E-state index contributed by atoms with van der Waals surface area (Å²) in [4.78, 5) is 16.0. The molecule has 0 spiro atoms. The SMILES string of the molecule is CCOc1cc(CCCNC(=NC)NCC(Cc2ccc(F)cc2)C(N)=O)ccc1OC. The van der Waals surface area contributed by atoms with Gasteiger partial charge in [0, 0.05) is 20.1 Å². The van der Waals surface area contributed by atoms with E-state index >= 15 is 0 Å². The molecule has 2 rings (SSSR count). The van der Waals surface area contributed by atoms with Crippen LogP contribution >= 0.6 is 0 Å². The molecule has 1 amide bonds. The van der Waals surface area contributed by atoms with Crippen molar-refractivity contribution in [1.29, 1.82) is 0 Å². The molecule has 0 aliphatic heterocycles. The van der Waals surface area contributed by atoms with Crippen LogP contribution in [-0.4, -0.2) is 45.7 Å². The van der Waals surface area contributed by atoms with Crippen molar-refractivity contribution >= 4 is 11.9 Å². The molecule has 0 heterocycles. The molecule has 1 atom stereocenters. The number of halogens is 1. The van der Waals surface area contributed by atoms with Crippen molar-refractivity contribution in [3.05, 3.63) is 59.4 Å². The van der Waals surface area contributed by atoms with Crippen molar-refractivity contribution in [2.45, 2.75) is 26.2 Å². The summed E-state index contributed by atoms with van der Waals surface area (Å²) in [7, 11) is 3.30. The number of nitrogens with one attached hydrogen (secondary N) is 2. The summed E-state index contributed by atoms with van der Waals surface area (Å²) in [6, 6.07) is 12.0. The maximum Gasteiger partial charge on any atom is 0.222 e. The molecule has 174 valence electrons. The average Bonchev–Trinajstić information content (AvgIpc) is 2.79. The lowest BCUT2D eigenvalue weighted by Crippen LogP contribution is -2.43. The molecule has 0 aromatic heterocycles. The lowest BCUT2D eigenvalue weighted by atomic mass is 9.98. The lowest BCUT2D eigenvalue weighted by molar-refractivity contribution is -0.121. The molecule has 4 N–H and O–H groups in total. The summed E-state index contributed by atoms with van der Waals surface area (Å²) in [6.45, 7) is 3.56. The van der Waals surface area contributed by atoms with Crippen LogP contribution < -0.4 is 25.8 Å². The molecule has 0 saturated heterocycles. The van der Waals surface area contributed by atoms with E-state index in [2.05, 4.69) is 15.6 Å². The second-order valence-electron chi connectivity index (χ2n) is 7.33. The van der Waals surface area contributed by atoms with Gasteiger partial charge < -0.3 is 25.8 Å². The van der Waals surface area contributed by atoms with Gasteiger partial charge in [-0.2, -0.15) is 0 Å². The Morgan fingerprint density at radius 1 is 1.12 bits per heavy atom. The normalized spacial score (nSPS) is 12.2. The third-order valence-electron chi connectivity index (χ3n) is 5.00. The number of nitrogens with two attached hydrogens (primary N) is 1. The summed E-state index contributed by atoms with van der Waals surface area (Å²) in [6.07, 6.45) is 2.18. The molecule has 0 aliphatic rings. The lowest BCUT2D eigenvalue weighted by Gasteiger charge is -2.17. The number of benzene rings is 2. The first-order valence-corrected chi connectivity index (χ1v) is 10.7. The van der Waals surface area contributed by atoms with E-state index in [4.69, 9.17) is 15.2 Å². The molecule has 2 aromatic rings. The van der Waals surface area contributed by atoms with Crippen LogP contribution in [0.25, 0.3) is 0 Å². The third kappa shape index (κ3) is 8.09. The Kier molecular flexibility index (Phi) is 10.3. The van der Waals surface area contributed by atoms with Gasteiger partial charge >= 0.3 is 0 Å². The fourth-order valence-electron chi connectivity index (χ4n) is 3.26. The Balaban J connectivity index is 1.80. The van der Waals surface area contributed by atoms with Gasteiger partial charge in [0.2, 0.25) is 5.91 Å². The predicted octanol–water partition coefficient (Wildman–Crippen LogP) is 2.67. The van der Waals surface area contributed by atoms with E-state index in [0.29, 0.717) is 32.1 Å². The Morgan fingerprint density at radius 2 is 1.84 bits per heavy atom. The van der Waals surface area contributed by atoms with E-state index in [1.807, 2.05) is 25.1 Å². The summed E-state index contributed by atoms with van der Waals surface area (Å²) in [5.41, 5.74) is 7.56. The standard InChI is InChI=1S/C24H33FN4O3/c1-4-32-22-15-17(9-12-21(22)31-3)6-5-13-28-24(27-2)29-16-19(23(26)30)14-18-7-10-20(25)11-8-18/h7-12,15,19H,4-6,13-14,16H2,1-3H3,(H2,26,30)(H2,27,28,29). The molecule has 0 saturated carbocycles. The number of primary amides is 1. The number of ether oxygens (including phenoxy) is 2. The van der Waals surface area contributed by atoms with Crippen molar-refractivity contribution < 1.29 is 18.7 Å². The van der Waals surface area contributed by atoms with E-state index in [-0.39, 0.29) is 5.82 Å². The summed E-state index contributed by atoms with van der Waals surface area (Å²) in [5.74, 6) is 0.910. The highest BCUT2D eigenvalue weighted by molar-refractivity contribution is 5.81. The minimum absolute atomic E-state index is 0.309. The molecule has 2 aromatic carbocycles. The highest BCUT2D eigenvalue weighted by Gasteiger charge is 2.16. The van der Waals surface area contributed by atoms with Crippen LogP contribution in [0.2, 0.25) is 0 Å². The molecule has 0 aliphatic carbocycles. The topological polar surface area (TPSA) is 98.0 Å². The maximum atomic E-state index is 13.1. The number of carbonyl (C=O) groups excluding carboxylic acids is 1. The number of rotatable bonds is 12. The fraction of sp³-hybridized carbons (Fsp3) is 0.417. The molecular formula is C24H33FN4O3. The Bertz CT molecular complexity index is 887. The summed E-state index contributed by atoms with van der Waals surface area (Å²) in [5, 5.41) is 6.40. The Hall–Kier alpha value is -3.29. The van der Waals surface area contributed by atoms with Gasteiger partial charge in [0.05, 0.1) is 19.6 Å². The first-order chi connectivity index (χ1) is 15.5. The molecule has 0 radical (unpaired) electrons. The number of guanidine groups is 1. The second-order valence-corrected chi connectivity index (χ2v) is 7.33. The molecular weight excluding hydrogens is 411 g/mol. The van der Waals surface area contributed by atoms with Gasteiger partial charge in [0.25, 0.3) is 0 Å². The van der Waals surface area contributed by atoms with Gasteiger partial charge in [0.1, 0.15) is 5.82 Å². The zero-order chi connectivity index (χ0) is 23.3. The van der Waals surface area contributed by atoms with E-state index in [9.17, 15) is 9.18 Å². The quantitative estimate of drug-likeness (QED) is 0.266. The van der Waals surface area contributed by atoms with Crippen LogP contribution in [0.4, 0.5) is 4.39 Å². The van der Waals surface area contributed by atoms with E-state index in [0.717, 1.165) is 35.5 Å². The molecule has 0 fully saturated rings. The van der Waals surface area contributed by atoms with E-state index in [1.165, 1.54) is 12.1 Å². The van der Waals surface area contributed by atoms with Gasteiger partial charge in [-0.1, -0.05) is 18.2 Å². The van der Waals surface area contributed by atoms with Crippen molar-refractivity contribution in [1.82, 2.24) is 10.6 Å². The fourth-order valence-corrected chi connectivity index (χ4v) is 3.26. The van der Waals surface area contributed by atoms with Gasteiger partial charge in [-0.25, -0.2) is 4.39 Å². The smallest absolute Gasteiger partial charge is 0.222 e. The highest BCUT2D eigenvalue weighted by atomic mass is 19.1. The minimum Gasteiger partial charge on any atom is -0.493 e. The number of amides is 1. The van der Waals surface area contributed by atoms with Crippen molar-refractivity contribution in [2.24, 2.45) is 16.6 Å². The number of hydrogen-bond donors (Lipinski definition) is 3. The van der Waals surface area contributed by atoms with Crippen LogP contribution in [0.5, 0.6) is 11.5 Å². The van der Waals surface area contributed by atoms with Crippen LogP contribution in [0.1, 0.15) is 24.5 Å². The molecule has 7 nitrogen and oxygen atoms in total. The van der Waals surface area contributed by atoms with Crippen LogP contribution in [0.15, 0.2) is 47.5 Å². The van der Waals surface area contributed by atoms with E-state index in [1.54, 1.807) is 26.3 Å². The third-order valence-corrected chi connectivity index (χ3v) is 5.00. The predicted molar refractivity (Wildman–Crippen MR) is 125 cm³/mol. The monoisotopic (exact) mass is 444 g/mol. The van der Waals surface area contributed by atoms with Crippen molar-refractivity contribution in [3.8, 4) is 11.5 Å². The summed E-state index contributed by atoms with van der Waals surface area (Å²) >= 11 is 0. The first kappa shape index (κ1) is 25.0. The Labute approximate surface area is 189 Å². The molecule has 32 heavy (non-hydrogen) atoms. The zero-order valence-corrected chi connectivity index (χ0v) is 19.0. The average molecular weight is 445 g/mol. The van der Waals surface area contributed by atoms with Gasteiger partial charge in [-0.3, -0.25) is 9.79 Å². The van der Waals surface area contributed by atoms with Crippen molar-refractivity contribution in [3.63, 3.8) is 0 Å². The van der Waals surface area contributed by atoms with Gasteiger partial charge in [0.15, 0.2) is 17.5 Å². The van der Waals surface area contributed by atoms with Crippen LogP contribution in [0, 0.1) is 11.7 Å². The summed E-state index contributed by atoms with van der Waals surface area (Å²) < 4.78 is 24.0. The Morgan fingerprint density at radius 3 is 2.47 bits per heavy atom. The zero-order valence-electron chi connectivity index (χ0n) is 19.0. The minimum atomic E-state index is -0.435. The van der Waals surface area contributed by atoms with Crippen LogP contribution in [0.3, 0.4) is 0 Å². The van der Waals surface area contributed by atoms with E-state index < -0.39 is 11.8 Å². The largest absolute Gasteiger partial charge is 0.493 e. The number of methoxy groups -OCH3 is 1. The number of carbonyl (C=O) groups is 1. The maximum absolute atomic E-state index is 13.1. The molecule has 1 unspecified atom stereocenters. The molecule has 0 bridgehead atoms. The molecule has 8 heteroatoms. The number of aliphatic imine (C=N–C) groups is 1. The van der Waals surface area contributed by atoms with Crippen molar-refractivity contribution in [2.75, 3.05) is 33.9 Å². The van der Waals surface area contributed by atoms with Gasteiger partial charge in [-0.05, 0) is 61.6 Å².